The molecule has 1 amide bonds. The van der Waals surface area contributed by atoms with E-state index in [1.165, 1.54) is 19.2 Å². The molecule has 5 nitrogen and oxygen atoms in total. The van der Waals surface area contributed by atoms with E-state index in [0.717, 1.165) is 0 Å². The van der Waals surface area contributed by atoms with Crippen molar-refractivity contribution in [3.63, 3.8) is 0 Å². The Morgan fingerprint density at radius 2 is 2.23 bits per heavy atom. The monoisotopic (exact) mass is 180 g/mol. The van der Waals surface area contributed by atoms with Crippen LogP contribution < -0.4 is 10.5 Å². The molecule has 0 saturated heterocycles. The van der Waals surface area contributed by atoms with Crippen molar-refractivity contribution in [2.45, 2.75) is 6.92 Å². The van der Waals surface area contributed by atoms with Gasteiger partial charge in [0.15, 0.2) is 11.4 Å². The first-order chi connectivity index (χ1) is 6.11. The summed E-state index contributed by atoms with van der Waals surface area (Å²) in [5.41, 5.74) is 4.95. The maximum Gasteiger partial charge on any atom is 0.308 e. The number of esters is 1. The predicted octanol–water partition coefficient (Wildman–Crippen LogP) is 0.106. The van der Waals surface area contributed by atoms with Crippen molar-refractivity contribution in [2.75, 3.05) is 0 Å². The van der Waals surface area contributed by atoms with Crippen molar-refractivity contribution in [1.29, 1.82) is 0 Å². The van der Waals surface area contributed by atoms with Gasteiger partial charge in [-0.15, -0.1) is 0 Å². The molecule has 0 atom stereocenters. The van der Waals surface area contributed by atoms with Crippen LogP contribution in [0.25, 0.3) is 0 Å². The lowest BCUT2D eigenvalue weighted by Crippen LogP contribution is -2.16. The largest absolute Gasteiger partial charge is 0.424 e. The second-order valence-electron chi connectivity index (χ2n) is 2.31. The number of hydrogen-bond donors (Lipinski definition) is 1. The molecule has 0 radical (unpaired) electrons. The first kappa shape index (κ1) is 9.18. The fourth-order valence-corrected chi connectivity index (χ4v) is 0.813. The summed E-state index contributed by atoms with van der Waals surface area (Å²) in [6, 6.07) is 3.00. The number of nitrogens with two attached hydrogens (primary N) is 1. The molecule has 13 heavy (non-hydrogen) atoms. The van der Waals surface area contributed by atoms with Crippen LogP contribution >= 0.6 is 0 Å². The lowest BCUT2D eigenvalue weighted by atomic mass is 10.3. The number of carbonyl (C=O) groups excluding carboxylic acids is 2. The number of amides is 1. The van der Waals surface area contributed by atoms with Gasteiger partial charge < -0.3 is 10.5 Å². The van der Waals surface area contributed by atoms with E-state index in [1.807, 2.05) is 0 Å². The Balaban J connectivity index is 3.04. The molecule has 68 valence electrons. The maximum atomic E-state index is 10.8. The third kappa shape index (κ3) is 2.26. The number of nitrogens with zero attached hydrogens (tertiary/aromatic N) is 1. The van der Waals surface area contributed by atoms with Gasteiger partial charge in [-0.05, 0) is 12.1 Å². The first-order valence-electron chi connectivity index (χ1n) is 3.54. The average molecular weight is 180 g/mol. The minimum Gasteiger partial charge on any atom is -0.424 e. The molecular weight excluding hydrogens is 172 g/mol. The molecule has 5 heteroatoms. The number of primary amides is 1. The lowest BCUT2D eigenvalue weighted by molar-refractivity contribution is -0.131. The van der Waals surface area contributed by atoms with Gasteiger partial charge in [0.2, 0.25) is 0 Å². The highest BCUT2D eigenvalue weighted by Gasteiger charge is 2.11. The Morgan fingerprint density at radius 1 is 1.54 bits per heavy atom. The minimum atomic E-state index is -0.725. The summed E-state index contributed by atoms with van der Waals surface area (Å²) in [6.45, 7) is 1.23. The molecular formula is C8H8N2O3. The molecule has 0 aliphatic carbocycles. The molecule has 0 spiro atoms. The van der Waals surface area contributed by atoms with Crippen LogP contribution in [-0.4, -0.2) is 16.9 Å². The standard InChI is InChI=1S/C8H8N2O3/c1-5(11)13-6-3-2-4-10-7(6)8(9)12/h2-4H,1H3,(H2,9,12). The van der Waals surface area contributed by atoms with Crippen molar-refractivity contribution >= 4 is 11.9 Å². The summed E-state index contributed by atoms with van der Waals surface area (Å²) < 4.78 is 4.70. The molecule has 0 unspecified atom stereocenters. The Kier molecular flexibility index (Phi) is 2.59. The van der Waals surface area contributed by atoms with E-state index in [9.17, 15) is 9.59 Å². The molecule has 0 saturated carbocycles. The summed E-state index contributed by atoms with van der Waals surface area (Å²) in [4.78, 5) is 25.0. The van der Waals surface area contributed by atoms with Crippen LogP contribution in [0, 0.1) is 0 Å². The fraction of sp³-hybridized carbons (Fsp3) is 0.125. The zero-order valence-corrected chi connectivity index (χ0v) is 6.98. The summed E-state index contributed by atoms with van der Waals surface area (Å²) in [6.07, 6.45) is 1.40. The molecule has 0 fully saturated rings. The van der Waals surface area contributed by atoms with Gasteiger partial charge in [-0.2, -0.15) is 0 Å². The van der Waals surface area contributed by atoms with Crippen LogP contribution in [0.15, 0.2) is 18.3 Å². The van der Waals surface area contributed by atoms with Crippen LogP contribution in [0.2, 0.25) is 0 Å². The molecule has 1 rings (SSSR count). The van der Waals surface area contributed by atoms with Crippen LogP contribution in [0.4, 0.5) is 0 Å². The summed E-state index contributed by atoms with van der Waals surface area (Å²) in [7, 11) is 0. The molecule has 2 N–H and O–H groups in total. The van der Waals surface area contributed by atoms with Gasteiger partial charge in [-0.3, -0.25) is 9.59 Å². The van der Waals surface area contributed by atoms with E-state index in [0.29, 0.717) is 0 Å². The molecule has 0 aromatic carbocycles. The molecule has 1 heterocycles. The quantitative estimate of drug-likeness (QED) is 0.654. The number of pyridine rings is 1. The van der Waals surface area contributed by atoms with Gasteiger partial charge >= 0.3 is 5.97 Å². The van der Waals surface area contributed by atoms with E-state index in [-0.39, 0.29) is 11.4 Å². The molecule has 0 aliphatic rings. The van der Waals surface area contributed by atoms with E-state index in [1.54, 1.807) is 6.07 Å². The van der Waals surface area contributed by atoms with E-state index >= 15 is 0 Å². The molecule has 0 bridgehead atoms. The second kappa shape index (κ2) is 3.66. The third-order valence-corrected chi connectivity index (χ3v) is 1.26. The van der Waals surface area contributed by atoms with Gasteiger partial charge in [0.1, 0.15) is 0 Å². The number of rotatable bonds is 2. The van der Waals surface area contributed by atoms with Crippen molar-refractivity contribution in [1.82, 2.24) is 4.98 Å². The normalized spacial score (nSPS) is 9.31. The third-order valence-electron chi connectivity index (χ3n) is 1.26. The second-order valence-corrected chi connectivity index (χ2v) is 2.31. The topological polar surface area (TPSA) is 82.3 Å². The van der Waals surface area contributed by atoms with Gasteiger partial charge in [0.05, 0.1) is 0 Å². The van der Waals surface area contributed by atoms with E-state index < -0.39 is 11.9 Å². The van der Waals surface area contributed by atoms with E-state index in [2.05, 4.69) is 4.98 Å². The van der Waals surface area contributed by atoms with Crippen LogP contribution in [0.1, 0.15) is 17.4 Å². The fourth-order valence-electron chi connectivity index (χ4n) is 0.813. The van der Waals surface area contributed by atoms with Crippen molar-refractivity contribution in [3.05, 3.63) is 24.0 Å². The van der Waals surface area contributed by atoms with Crippen LogP contribution in [0.3, 0.4) is 0 Å². The Bertz CT molecular complexity index is 349. The van der Waals surface area contributed by atoms with Gasteiger partial charge in [-0.1, -0.05) is 0 Å². The van der Waals surface area contributed by atoms with Crippen LogP contribution in [-0.2, 0) is 4.79 Å². The summed E-state index contributed by atoms with van der Waals surface area (Å²) in [5, 5.41) is 0. The number of carbonyl (C=O) groups is 2. The van der Waals surface area contributed by atoms with Gasteiger partial charge in [-0.25, -0.2) is 4.98 Å². The SMILES string of the molecule is CC(=O)Oc1cccnc1C(N)=O. The highest BCUT2D eigenvalue weighted by Crippen LogP contribution is 2.14. The zero-order chi connectivity index (χ0) is 9.84. The Hall–Kier alpha value is -1.91. The van der Waals surface area contributed by atoms with Crippen molar-refractivity contribution in [3.8, 4) is 5.75 Å². The van der Waals surface area contributed by atoms with E-state index in [4.69, 9.17) is 10.5 Å². The average Bonchev–Trinajstić information content (AvgIpc) is 2.03. The molecule has 1 aromatic heterocycles. The van der Waals surface area contributed by atoms with Gasteiger partial charge in [0, 0.05) is 13.1 Å². The molecule has 1 aromatic rings. The first-order valence-corrected chi connectivity index (χ1v) is 3.54. The number of hydrogen-bond acceptors (Lipinski definition) is 4. The van der Waals surface area contributed by atoms with Crippen molar-refractivity contribution in [2.24, 2.45) is 5.73 Å². The number of ether oxygens (including phenoxy) is 1. The molecule has 0 aliphatic heterocycles. The van der Waals surface area contributed by atoms with Crippen LogP contribution in [0.5, 0.6) is 5.75 Å². The summed E-state index contributed by atoms with van der Waals surface area (Å²) >= 11 is 0. The smallest absolute Gasteiger partial charge is 0.308 e. The van der Waals surface area contributed by atoms with Gasteiger partial charge in [0.25, 0.3) is 5.91 Å². The lowest BCUT2D eigenvalue weighted by Gasteiger charge is -2.03. The minimum absolute atomic E-state index is 0.0438. The maximum absolute atomic E-state index is 10.8. The highest BCUT2D eigenvalue weighted by atomic mass is 16.5. The summed E-state index contributed by atoms with van der Waals surface area (Å²) in [5.74, 6) is -1.16. The predicted molar refractivity (Wildman–Crippen MR) is 44.1 cm³/mol. The Morgan fingerprint density at radius 3 is 2.77 bits per heavy atom. The number of aromatic nitrogens is 1. The zero-order valence-electron chi connectivity index (χ0n) is 6.98. The highest BCUT2D eigenvalue weighted by molar-refractivity contribution is 5.94. The Labute approximate surface area is 74.5 Å². The van der Waals surface area contributed by atoms with Crippen molar-refractivity contribution < 1.29 is 14.3 Å².